The van der Waals surface area contributed by atoms with E-state index in [0.717, 1.165) is 29.0 Å². The van der Waals surface area contributed by atoms with Crippen LogP contribution in [-0.4, -0.2) is 21.6 Å². The fourth-order valence-corrected chi connectivity index (χ4v) is 4.03. The van der Waals surface area contributed by atoms with Crippen molar-refractivity contribution in [1.29, 1.82) is 0 Å². The summed E-state index contributed by atoms with van der Waals surface area (Å²) in [6, 6.07) is 13.9. The van der Waals surface area contributed by atoms with Crippen molar-refractivity contribution in [2.45, 2.75) is 20.3 Å². The number of rotatable bonds is 5. The molecule has 0 saturated carbocycles. The predicted molar refractivity (Wildman–Crippen MR) is 113 cm³/mol. The Morgan fingerprint density at radius 1 is 1.00 bits per heavy atom. The van der Waals surface area contributed by atoms with Crippen molar-refractivity contribution in [1.82, 2.24) is 9.97 Å². The highest BCUT2D eigenvalue weighted by Gasteiger charge is 2.13. The molecule has 27 heavy (non-hydrogen) atoms. The average molecular weight is 375 g/mol. The van der Waals surface area contributed by atoms with E-state index in [1.807, 2.05) is 12.1 Å². The molecule has 136 valence electrons. The number of nitrogens with zero attached hydrogens (tertiary/aromatic N) is 2. The summed E-state index contributed by atoms with van der Waals surface area (Å²) in [6.45, 7) is 5.03. The van der Waals surface area contributed by atoms with Crippen LogP contribution in [0.3, 0.4) is 0 Å². The topological polar surface area (TPSA) is 58.0 Å². The molecule has 0 aliphatic rings. The lowest BCUT2D eigenvalue weighted by Crippen LogP contribution is -2.07. The summed E-state index contributed by atoms with van der Waals surface area (Å²) in [5.41, 5.74) is 6.11. The summed E-state index contributed by atoms with van der Waals surface area (Å²) in [4.78, 5) is 9.93. The second-order valence-corrected chi connectivity index (χ2v) is 7.55. The Morgan fingerprint density at radius 3 is 2.59 bits per heavy atom. The number of phenolic OH excluding ortho intramolecular Hbond substituents is 1. The second-order valence-electron chi connectivity index (χ2n) is 6.69. The van der Waals surface area contributed by atoms with E-state index in [9.17, 15) is 5.11 Å². The first-order valence-corrected chi connectivity index (χ1v) is 9.81. The van der Waals surface area contributed by atoms with E-state index in [1.165, 1.54) is 27.8 Å². The zero-order valence-electron chi connectivity index (χ0n) is 15.4. The van der Waals surface area contributed by atoms with Gasteiger partial charge in [-0.25, -0.2) is 9.97 Å². The maximum atomic E-state index is 9.40. The second kappa shape index (κ2) is 7.37. The fourth-order valence-electron chi connectivity index (χ4n) is 3.12. The Labute approximate surface area is 162 Å². The van der Waals surface area contributed by atoms with Gasteiger partial charge in [0.25, 0.3) is 0 Å². The van der Waals surface area contributed by atoms with E-state index in [2.05, 4.69) is 52.7 Å². The van der Waals surface area contributed by atoms with Gasteiger partial charge in [0.05, 0.1) is 5.39 Å². The number of fused-ring (bicyclic) bond motifs is 1. The first kappa shape index (κ1) is 17.5. The number of aromatic nitrogens is 2. The third kappa shape index (κ3) is 3.64. The predicted octanol–water partition coefficient (Wildman–Crippen LogP) is 5.34. The number of benzene rings is 2. The molecule has 0 aliphatic heterocycles. The molecule has 0 atom stereocenters. The maximum Gasteiger partial charge on any atom is 0.138 e. The Kier molecular flexibility index (Phi) is 4.77. The molecule has 0 saturated heterocycles. The summed E-state index contributed by atoms with van der Waals surface area (Å²) >= 11 is 1.65. The molecule has 5 heteroatoms. The summed E-state index contributed by atoms with van der Waals surface area (Å²) < 4.78 is 0. The Balaban J connectivity index is 1.62. The standard InChI is InChI=1S/C22H21N3OS/c1-14-3-6-17(11-15(14)2)19-12-27-22-20(19)21(24-13-25-22)23-10-9-16-4-7-18(26)8-5-16/h3-8,11-13,26H,9-10H2,1-2H3,(H,23,24,25). The quantitative estimate of drug-likeness (QED) is 0.495. The van der Waals surface area contributed by atoms with Crippen LogP contribution in [0.15, 0.2) is 54.2 Å². The van der Waals surface area contributed by atoms with Crippen molar-refractivity contribution in [3.05, 3.63) is 70.9 Å². The first-order chi connectivity index (χ1) is 13.1. The van der Waals surface area contributed by atoms with E-state index in [4.69, 9.17) is 0 Å². The van der Waals surface area contributed by atoms with E-state index >= 15 is 0 Å². The van der Waals surface area contributed by atoms with Crippen molar-refractivity contribution < 1.29 is 5.11 Å². The van der Waals surface area contributed by atoms with Crippen molar-refractivity contribution in [3.63, 3.8) is 0 Å². The van der Waals surface area contributed by atoms with E-state index < -0.39 is 0 Å². The van der Waals surface area contributed by atoms with E-state index in [0.29, 0.717) is 5.75 Å². The number of hydrogen-bond acceptors (Lipinski definition) is 5. The number of aryl methyl sites for hydroxylation is 2. The zero-order valence-corrected chi connectivity index (χ0v) is 16.2. The minimum atomic E-state index is 0.292. The summed E-state index contributed by atoms with van der Waals surface area (Å²) in [5.74, 6) is 1.16. The van der Waals surface area contributed by atoms with Gasteiger partial charge in [-0.05, 0) is 54.7 Å². The number of nitrogens with one attached hydrogen (secondary N) is 1. The van der Waals surface area contributed by atoms with Gasteiger partial charge in [0, 0.05) is 17.5 Å². The normalized spacial score (nSPS) is 11.0. The van der Waals surface area contributed by atoms with Gasteiger partial charge in [0.2, 0.25) is 0 Å². The molecule has 0 aliphatic carbocycles. The van der Waals surface area contributed by atoms with Gasteiger partial charge in [-0.1, -0.05) is 30.3 Å². The SMILES string of the molecule is Cc1ccc(-c2csc3ncnc(NCCc4ccc(O)cc4)c23)cc1C. The molecule has 2 aromatic carbocycles. The van der Waals surface area contributed by atoms with Crippen LogP contribution >= 0.6 is 11.3 Å². The molecule has 2 N–H and O–H groups in total. The number of anilines is 1. The number of phenols is 1. The van der Waals surface area contributed by atoms with Crippen molar-refractivity contribution >= 4 is 27.4 Å². The van der Waals surface area contributed by atoms with Crippen molar-refractivity contribution in [3.8, 4) is 16.9 Å². The fraction of sp³-hybridized carbons (Fsp3) is 0.182. The molecule has 0 bridgehead atoms. The van der Waals surface area contributed by atoms with Crippen LogP contribution in [0.25, 0.3) is 21.3 Å². The third-order valence-electron chi connectivity index (χ3n) is 4.83. The number of thiophene rings is 1. The average Bonchev–Trinajstić information content (AvgIpc) is 3.11. The maximum absolute atomic E-state index is 9.40. The van der Waals surface area contributed by atoms with Crippen LogP contribution in [0.2, 0.25) is 0 Å². The van der Waals surface area contributed by atoms with Gasteiger partial charge in [-0.3, -0.25) is 0 Å². The van der Waals surface area contributed by atoms with Crippen molar-refractivity contribution in [2.75, 3.05) is 11.9 Å². The smallest absolute Gasteiger partial charge is 0.138 e. The zero-order chi connectivity index (χ0) is 18.8. The molecule has 4 aromatic rings. The van der Waals surface area contributed by atoms with Gasteiger partial charge in [-0.2, -0.15) is 0 Å². The molecule has 0 spiro atoms. The Hall–Kier alpha value is -2.92. The minimum absolute atomic E-state index is 0.292. The lowest BCUT2D eigenvalue weighted by molar-refractivity contribution is 0.475. The number of hydrogen-bond donors (Lipinski definition) is 2. The number of aromatic hydroxyl groups is 1. The first-order valence-electron chi connectivity index (χ1n) is 8.93. The molecule has 4 rings (SSSR count). The molecule has 0 amide bonds. The van der Waals surface area contributed by atoms with Crippen LogP contribution in [0.1, 0.15) is 16.7 Å². The summed E-state index contributed by atoms with van der Waals surface area (Å²) in [6.07, 6.45) is 2.47. The monoisotopic (exact) mass is 375 g/mol. The van der Waals surface area contributed by atoms with Gasteiger partial charge < -0.3 is 10.4 Å². The molecular weight excluding hydrogens is 354 g/mol. The Morgan fingerprint density at radius 2 is 1.81 bits per heavy atom. The molecule has 2 heterocycles. The van der Waals surface area contributed by atoms with Crippen LogP contribution in [0, 0.1) is 13.8 Å². The summed E-state index contributed by atoms with van der Waals surface area (Å²) in [5, 5.41) is 16.1. The van der Waals surface area contributed by atoms with Crippen LogP contribution in [-0.2, 0) is 6.42 Å². The van der Waals surface area contributed by atoms with E-state index in [-0.39, 0.29) is 0 Å². The largest absolute Gasteiger partial charge is 0.508 e. The van der Waals surface area contributed by atoms with E-state index in [1.54, 1.807) is 29.8 Å². The molecule has 2 aromatic heterocycles. The molecule has 0 unspecified atom stereocenters. The van der Waals surface area contributed by atoms with Crippen molar-refractivity contribution in [2.24, 2.45) is 0 Å². The van der Waals surface area contributed by atoms with Crippen LogP contribution < -0.4 is 5.32 Å². The molecule has 0 radical (unpaired) electrons. The molecule has 0 fully saturated rings. The summed E-state index contributed by atoms with van der Waals surface area (Å²) in [7, 11) is 0. The molecule has 4 nitrogen and oxygen atoms in total. The minimum Gasteiger partial charge on any atom is -0.508 e. The van der Waals surface area contributed by atoms with Gasteiger partial charge in [-0.15, -0.1) is 11.3 Å². The lowest BCUT2D eigenvalue weighted by atomic mass is 10.0. The lowest BCUT2D eigenvalue weighted by Gasteiger charge is -2.09. The van der Waals surface area contributed by atoms with Gasteiger partial charge in [0.15, 0.2) is 0 Å². The van der Waals surface area contributed by atoms with Crippen LogP contribution in [0.5, 0.6) is 5.75 Å². The highest BCUT2D eigenvalue weighted by Crippen LogP contribution is 2.37. The highest BCUT2D eigenvalue weighted by molar-refractivity contribution is 7.17. The molecular formula is C22H21N3OS. The van der Waals surface area contributed by atoms with Gasteiger partial charge in [0.1, 0.15) is 22.7 Å². The third-order valence-corrected chi connectivity index (χ3v) is 5.72. The highest BCUT2D eigenvalue weighted by atomic mass is 32.1. The Bertz CT molecular complexity index is 1090. The van der Waals surface area contributed by atoms with Gasteiger partial charge >= 0.3 is 0 Å². The van der Waals surface area contributed by atoms with Crippen LogP contribution in [0.4, 0.5) is 5.82 Å².